The summed E-state index contributed by atoms with van der Waals surface area (Å²) in [6, 6.07) is 11.6. The number of aryl methyl sites for hydroxylation is 1. The molecule has 21 heavy (non-hydrogen) atoms. The fourth-order valence-electron chi connectivity index (χ4n) is 2.05. The first-order chi connectivity index (χ1) is 10.3. The number of carbonyl (C=O) groups is 1. The third-order valence-electron chi connectivity index (χ3n) is 3.11. The van der Waals surface area contributed by atoms with Crippen LogP contribution in [0.1, 0.15) is 24.5 Å². The van der Waals surface area contributed by atoms with E-state index in [-0.39, 0.29) is 5.91 Å². The van der Waals surface area contributed by atoms with E-state index in [0.29, 0.717) is 26.0 Å². The molecule has 1 heterocycles. The van der Waals surface area contributed by atoms with Crippen LogP contribution in [-0.4, -0.2) is 17.5 Å². The Morgan fingerprint density at radius 2 is 2.10 bits per heavy atom. The van der Waals surface area contributed by atoms with Gasteiger partial charge in [0.15, 0.2) is 0 Å². The van der Waals surface area contributed by atoms with Gasteiger partial charge >= 0.3 is 0 Å². The van der Waals surface area contributed by atoms with Crippen LogP contribution in [0.2, 0.25) is 0 Å². The fraction of sp³-hybridized carbons (Fsp3) is 0.294. The summed E-state index contributed by atoms with van der Waals surface area (Å²) in [6.45, 7) is 3.10. The quantitative estimate of drug-likeness (QED) is 0.850. The summed E-state index contributed by atoms with van der Waals surface area (Å²) in [6.07, 6.45) is 4.60. The number of carbonyl (C=O) groups excluding carboxylic acids is 1. The molecule has 0 saturated carbocycles. The summed E-state index contributed by atoms with van der Waals surface area (Å²) in [4.78, 5) is 15.9. The first-order valence-corrected chi connectivity index (χ1v) is 7.16. The van der Waals surface area contributed by atoms with E-state index >= 15 is 0 Å². The molecule has 4 nitrogen and oxygen atoms in total. The number of nitrogens with one attached hydrogen (secondary N) is 1. The van der Waals surface area contributed by atoms with E-state index in [1.807, 2.05) is 43.3 Å². The zero-order valence-electron chi connectivity index (χ0n) is 12.2. The summed E-state index contributed by atoms with van der Waals surface area (Å²) in [5.74, 6) is 0.894. The van der Waals surface area contributed by atoms with Gasteiger partial charge in [-0.05, 0) is 36.6 Å². The Morgan fingerprint density at radius 1 is 1.24 bits per heavy atom. The second kappa shape index (κ2) is 8.04. The molecule has 2 rings (SSSR count). The van der Waals surface area contributed by atoms with E-state index in [2.05, 4.69) is 10.3 Å². The van der Waals surface area contributed by atoms with Crippen LogP contribution in [0.25, 0.3) is 0 Å². The number of nitrogens with zero attached hydrogens (tertiary/aromatic N) is 1. The molecule has 0 aliphatic rings. The van der Waals surface area contributed by atoms with Gasteiger partial charge in [0.2, 0.25) is 5.91 Å². The molecule has 1 N–H and O–H groups in total. The molecule has 1 aromatic heterocycles. The van der Waals surface area contributed by atoms with Crippen LogP contribution in [0.4, 0.5) is 0 Å². The van der Waals surface area contributed by atoms with Crippen LogP contribution in [0.15, 0.2) is 48.8 Å². The number of aromatic nitrogens is 1. The van der Waals surface area contributed by atoms with Crippen molar-refractivity contribution in [3.63, 3.8) is 0 Å². The van der Waals surface area contributed by atoms with E-state index < -0.39 is 0 Å². The Hall–Kier alpha value is -2.36. The molecule has 0 aliphatic carbocycles. The van der Waals surface area contributed by atoms with Crippen molar-refractivity contribution in [2.45, 2.75) is 26.3 Å². The summed E-state index contributed by atoms with van der Waals surface area (Å²) in [5, 5.41) is 2.90. The minimum Gasteiger partial charge on any atom is -0.494 e. The van der Waals surface area contributed by atoms with Crippen LogP contribution < -0.4 is 10.1 Å². The Bertz CT molecular complexity index is 570. The van der Waals surface area contributed by atoms with Gasteiger partial charge < -0.3 is 10.1 Å². The predicted molar refractivity (Wildman–Crippen MR) is 82.0 cm³/mol. The molecule has 0 bridgehead atoms. The molecule has 0 radical (unpaired) electrons. The predicted octanol–water partition coefficient (Wildman–Crippen LogP) is 2.73. The zero-order valence-corrected chi connectivity index (χ0v) is 12.2. The average molecular weight is 284 g/mol. The number of amides is 1. The van der Waals surface area contributed by atoms with Gasteiger partial charge in [-0.15, -0.1) is 0 Å². The van der Waals surface area contributed by atoms with E-state index in [1.54, 1.807) is 12.4 Å². The Labute approximate surface area is 125 Å². The Kier molecular flexibility index (Phi) is 5.76. The molecular weight excluding hydrogens is 264 g/mol. The fourth-order valence-corrected chi connectivity index (χ4v) is 2.05. The number of ether oxygens (including phenoxy) is 1. The lowest BCUT2D eigenvalue weighted by atomic mass is 10.1. The molecule has 1 aromatic carbocycles. The molecule has 2 aromatic rings. The van der Waals surface area contributed by atoms with E-state index in [1.165, 1.54) is 0 Å². The minimum absolute atomic E-state index is 0.0326. The number of rotatable bonds is 7. The maximum absolute atomic E-state index is 11.9. The van der Waals surface area contributed by atoms with Gasteiger partial charge in [-0.2, -0.15) is 0 Å². The van der Waals surface area contributed by atoms with Gasteiger partial charge in [-0.1, -0.05) is 24.3 Å². The molecule has 0 unspecified atom stereocenters. The van der Waals surface area contributed by atoms with Crippen molar-refractivity contribution in [1.29, 1.82) is 0 Å². The summed E-state index contributed by atoms with van der Waals surface area (Å²) in [5.41, 5.74) is 2.07. The lowest BCUT2D eigenvalue weighted by Crippen LogP contribution is -2.23. The van der Waals surface area contributed by atoms with Crippen molar-refractivity contribution in [2.24, 2.45) is 0 Å². The van der Waals surface area contributed by atoms with Gasteiger partial charge in [-0.25, -0.2) is 0 Å². The van der Waals surface area contributed by atoms with E-state index in [0.717, 1.165) is 16.9 Å². The molecule has 110 valence electrons. The van der Waals surface area contributed by atoms with Crippen molar-refractivity contribution < 1.29 is 9.53 Å². The molecule has 1 amide bonds. The number of hydrogen-bond donors (Lipinski definition) is 1. The first kappa shape index (κ1) is 15.0. The largest absolute Gasteiger partial charge is 0.494 e. The molecule has 0 atom stereocenters. The third kappa shape index (κ3) is 4.91. The van der Waals surface area contributed by atoms with Crippen molar-refractivity contribution in [3.8, 4) is 5.75 Å². The molecule has 0 fully saturated rings. The molecule has 4 heteroatoms. The molecule has 0 saturated heterocycles. The van der Waals surface area contributed by atoms with Gasteiger partial charge in [0.25, 0.3) is 0 Å². The van der Waals surface area contributed by atoms with Gasteiger partial charge in [0.05, 0.1) is 6.61 Å². The smallest absolute Gasteiger partial charge is 0.220 e. The highest BCUT2D eigenvalue weighted by molar-refractivity contribution is 5.76. The Balaban J connectivity index is 1.81. The van der Waals surface area contributed by atoms with Crippen molar-refractivity contribution in [1.82, 2.24) is 10.3 Å². The standard InChI is InChI=1S/C17H20N2O2/c1-2-21-16-8-4-3-7-15(16)9-10-17(20)19-13-14-6-5-11-18-12-14/h3-8,11-12H,2,9-10,13H2,1H3,(H,19,20). The summed E-state index contributed by atoms with van der Waals surface area (Å²) in [7, 11) is 0. The number of hydrogen-bond acceptors (Lipinski definition) is 3. The highest BCUT2D eigenvalue weighted by Crippen LogP contribution is 2.19. The molecule has 0 aliphatic heterocycles. The van der Waals surface area contributed by atoms with Crippen LogP contribution in [-0.2, 0) is 17.8 Å². The van der Waals surface area contributed by atoms with Crippen molar-refractivity contribution >= 4 is 5.91 Å². The maximum atomic E-state index is 11.9. The van der Waals surface area contributed by atoms with Gasteiger partial charge in [-0.3, -0.25) is 9.78 Å². The monoisotopic (exact) mass is 284 g/mol. The summed E-state index contributed by atoms with van der Waals surface area (Å²) < 4.78 is 5.56. The van der Waals surface area contributed by atoms with Crippen molar-refractivity contribution in [3.05, 3.63) is 59.9 Å². The van der Waals surface area contributed by atoms with E-state index in [9.17, 15) is 4.79 Å². The van der Waals surface area contributed by atoms with Crippen LogP contribution >= 0.6 is 0 Å². The van der Waals surface area contributed by atoms with Gasteiger partial charge in [0, 0.05) is 25.4 Å². The summed E-state index contributed by atoms with van der Waals surface area (Å²) >= 11 is 0. The number of para-hydroxylation sites is 1. The van der Waals surface area contributed by atoms with Gasteiger partial charge in [0.1, 0.15) is 5.75 Å². The number of pyridine rings is 1. The molecule has 0 spiro atoms. The van der Waals surface area contributed by atoms with E-state index in [4.69, 9.17) is 4.74 Å². The topological polar surface area (TPSA) is 51.2 Å². The average Bonchev–Trinajstić information content (AvgIpc) is 2.53. The maximum Gasteiger partial charge on any atom is 0.220 e. The molecular formula is C17H20N2O2. The second-order valence-corrected chi connectivity index (χ2v) is 4.68. The SMILES string of the molecule is CCOc1ccccc1CCC(=O)NCc1cccnc1. The third-order valence-corrected chi connectivity index (χ3v) is 3.11. The Morgan fingerprint density at radius 3 is 2.86 bits per heavy atom. The normalized spacial score (nSPS) is 10.1. The lowest BCUT2D eigenvalue weighted by Gasteiger charge is -2.10. The number of benzene rings is 1. The lowest BCUT2D eigenvalue weighted by molar-refractivity contribution is -0.121. The highest BCUT2D eigenvalue weighted by atomic mass is 16.5. The highest BCUT2D eigenvalue weighted by Gasteiger charge is 2.06. The van der Waals surface area contributed by atoms with Crippen molar-refractivity contribution in [2.75, 3.05) is 6.61 Å². The second-order valence-electron chi connectivity index (χ2n) is 4.68. The van der Waals surface area contributed by atoms with Crippen LogP contribution in [0.5, 0.6) is 5.75 Å². The first-order valence-electron chi connectivity index (χ1n) is 7.16. The van der Waals surface area contributed by atoms with Crippen LogP contribution in [0.3, 0.4) is 0 Å². The van der Waals surface area contributed by atoms with Crippen LogP contribution in [0, 0.1) is 0 Å². The zero-order chi connectivity index (χ0) is 14.9. The minimum atomic E-state index is 0.0326.